The van der Waals surface area contributed by atoms with E-state index in [1.165, 1.54) is 18.6 Å². The number of carbonyl (C=O) groups excluding carboxylic acids is 1. The molecule has 2 atom stereocenters. The van der Waals surface area contributed by atoms with Crippen molar-refractivity contribution in [2.45, 2.75) is 24.1 Å². The summed E-state index contributed by atoms with van der Waals surface area (Å²) in [7, 11) is 1.81. The first-order chi connectivity index (χ1) is 8.16. The molecule has 0 radical (unpaired) electrons. The lowest BCUT2D eigenvalue weighted by Crippen LogP contribution is -2.37. The predicted octanol–water partition coefficient (Wildman–Crippen LogP) is 0.432. The van der Waals surface area contributed by atoms with Gasteiger partial charge in [-0.3, -0.25) is 9.48 Å². The lowest BCUT2D eigenvalue weighted by Gasteiger charge is -2.13. The van der Waals surface area contributed by atoms with E-state index in [0.717, 1.165) is 12.1 Å². The van der Waals surface area contributed by atoms with Crippen molar-refractivity contribution in [3.05, 3.63) is 18.0 Å². The van der Waals surface area contributed by atoms with Crippen molar-refractivity contribution in [2.24, 2.45) is 12.8 Å². The molecule has 2 heterocycles. The summed E-state index contributed by atoms with van der Waals surface area (Å²) < 4.78 is 1.65. The molecule has 1 aromatic heterocycles. The Bertz CT molecular complexity index is 387. The van der Waals surface area contributed by atoms with Crippen molar-refractivity contribution in [3.63, 3.8) is 0 Å². The number of nitrogens with one attached hydrogen (secondary N) is 1. The summed E-state index contributed by atoms with van der Waals surface area (Å²) in [5.74, 6) is 1.08. The molecule has 1 aliphatic rings. The van der Waals surface area contributed by atoms with Crippen LogP contribution in [0.25, 0.3) is 0 Å². The molecular formula is C11H18N4OS. The van der Waals surface area contributed by atoms with E-state index in [0.29, 0.717) is 5.25 Å². The maximum atomic E-state index is 11.8. The van der Waals surface area contributed by atoms with Gasteiger partial charge in [0.1, 0.15) is 6.04 Å². The Labute approximate surface area is 105 Å². The fourth-order valence-corrected chi connectivity index (χ4v) is 3.08. The van der Waals surface area contributed by atoms with Gasteiger partial charge >= 0.3 is 0 Å². The Morgan fingerprint density at radius 3 is 3.24 bits per heavy atom. The predicted molar refractivity (Wildman–Crippen MR) is 68.6 cm³/mol. The van der Waals surface area contributed by atoms with E-state index >= 15 is 0 Å². The highest BCUT2D eigenvalue weighted by Crippen LogP contribution is 2.25. The van der Waals surface area contributed by atoms with Gasteiger partial charge in [0.25, 0.3) is 0 Å². The van der Waals surface area contributed by atoms with Gasteiger partial charge in [0.05, 0.1) is 6.20 Å². The third-order valence-electron chi connectivity index (χ3n) is 2.89. The van der Waals surface area contributed by atoms with E-state index in [1.54, 1.807) is 17.1 Å². The van der Waals surface area contributed by atoms with Gasteiger partial charge in [-0.1, -0.05) is 0 Å². The number of hydrogen-bond donors (Lipinski definition) is 2. The zero-order valence-electron chi connectivity index (χ0n) is 9.93. The maximum Gasteiger partial charge on any atom is 0.241 e. The number of hydrogen-bond acceptors (Lipinski definition) is 4. The SMILES string of the molecule is Cn1cc(C(N)C(=O)NCC2CCCS2)cn1. The number of aryl methyl sites for hydroxylation is 1. The van der Waals surface area contributed by atoms with Gasteiger partial charge in [-0.05, 0) is 18.6 Å². The van der Waals surface area contributed by atoms with Crippen LogP contribution in [-0.2, 0) is 11.8 Å². The third kappa shape index (κ3) is 3.23. The van der Waals surface area contributed by atoms with Crippen molar-refractivity contribution in [2.75, 3.05) is 12.3 Å². The molecule has 1 amide bonds. The Balaban J connectivity index is 1.82. The fourth-order valence-electron chi connectivity index (χ4n) is 1.88. The van der Waals surface area contributed by atoms with Gasteiger partial charge in [-0.15, -0.1) is 0 Å². The van der Waals surface area contributed by atoms with Crippen LogP contribution < -0.4 is 11.1 Å². The largest absolute Gasteiger partial charge is 0.353 e. The average Bonchev–Trinajstić information content (AvgIpc) is 2.95. The second-order valence-electron chi connectivity index (χ2n) is 4.31. The van der Waals surface area contributed by atoms with Gasteiger partial charge in [0, 0.05) is 30.6 Å². The standard InChI is InChI=1S/C11H18N4OS/c1-15-7-8(5-14-15)10(12)11(16)13-6-9-3-2-4-17-9/h5,7,9-10H,2-4,6,12H2,1H3,(H,13,16). The molecule has 2 unspecified atom stereocenters. The first-order valence-electron chi connectivity index (χ1n) is 5.80. The Morgan fingerprint density at radius 1 is 1.82 bits per heavy atom. The molecule has 2 rings (SSSR count). The second kappa shape index (κ2) is 5.55. The van der Waals surface area contributed by atoms with E-state index < -0.39 is 6.04 Å². The van der Waals surface area contributed by atoms with E-state index in [2.05, 4.69) is 10.4 Å². The van der Waals surface area contributed by atoms with Crippen molar-refractivity contribution in [3.8, 4) is 0 Å². The first kappa shape index (κ1) is 12.4. The third-order valence-corrected chi connectivity index (χ3v) is 4.29. The summed E-state index contributed by atoms with van der Waals surface area (Å²) in [6.45, 7) is 0.720. The minimum atomic E-state index is -0.616. The average molecular weight is 254 g/mol. The van der Waals surface area contributed by atoms with Crippen LogP contribution in [0.2, 0.25) is 0 Å². The van der Waals surface area contributed by atoms with Crippen molar-refractivity contribution in [1.29, 1.82) is 0 Å². The van der Waals surface area contributed by atoms with Crippen LogP contribution >= 0.6 is 11.8 Å². The molecule has 6 heteroatoms. The number of carbonyl (C=O) groups is 1. The topological polar surface area (TPSA) is 72.9 Å². The molecule has 5 nitrogen and oxygen atoms in total. The lowest BCUT2D eigenvalue weighted by molar-refractivity contribution is -0.122. The van der Waals surface area contributed by atoms with Crippen LogP contribution in [0.5, 0.6) is 0 Å². The number of nitrogens with zero attached hydrogens (tertiary/aromatic N) is 2. The Kier molecular flexibility index (Phi) is 4.06. The first-order valence-corrected chi connectivity index (χ1v) is 6.85. The van der Waals surface area contributed by atoms with Crippen LogP contribution in [0.15, 0.2) is 12.4 Å². The molecule has 0 aromatic carbocycles. The molecule has 1 fully saturated rings. The highest BCUT2D eigenvalue weighted by atomic mass is 32.2. The minimum Gasteiger partial charge on any atom is -0.353 e. The van der Waals surface area contributed by atoms with E-state index in [4.69, 9.17) is 5.73 Å². The van der Waals surface area contributed by atoms with Crippen LogP contribution in [0.3, 0.4) is 0 Å². The van der Waals surface area contributed by atoms with Crippen LogP contribution in [0.4, 0.5) is 0 Å². The molecule has 17 heavy (non-hydrogen) atoms. The number of aromatic nitrogens is 2. The molecule has 1 saturated heterocycles. The van der Waals surface area contributed by atoms with Crippen molar-refractivity contribution in [1.82, 2.24) is 15.1 Å². The Hall–Kier alpha value is -1.01. The molecule has 1 aromatic rings. The summed E-state index contributed by atoms with van der Waals surface area (Å²) in [4.78, 5) is 11.8. The summed E-state index contributed by atoms with van der Waals surface area (Å²) in [5.41, 5.74) is 6.62. The van der Waals surface area contributed by atoms with Gasteiger partial charge < -0.3 is 11.1 Å². The van der Waals surface area contributed by atoms with E-state index in [-0.39, 0.29) is 5.91 Å². The number of nitrogens with two attached hydrogens (primary N) is 1. The zero-order valence-corrected chi connectivity index (χ0v) is 10.7. The molecule has 94 valence electrons. The molecular weight excluding hydrogens is 236 g/mol. The van der Waals surface area contributed by atoms with Crippen LogP contribution in [0, 0.1) is 0 Å². The monoisotopic (exact) mass is 254 g/mol. The summed E-state index contributed by atoms with van der Waals surface area (Å²) in [6, 6.07) is -0.616. The smallest absolute Gasteiger partial charge is 0.241 e. The molecule has 3 N–H and O–H groups in total. The molecule has 0 spiro atoms. The van der Waals surface area contributed by atoms with E-state index in [1.807, 2.05) is 18.8 Å². The normalized spacial score (nSPS) is 21.4. The number of thioether (sulfide) groups is 1. The van der Waals surface area contributed by atoms with Gasteiger partial charge in [0.2, 0.25) is 5.91 Å². The summed E-state index contributed by atoms with van der Waals surface area (Å²) >= 11 is 1.92. The highest BCUT2D eigenvalue weighted by Gasteiger charge is 2.20. The van der Waals surface area contributed by atoms with Gasteiger partial charge in [-0.2, -0.15) is 16.9 Å². The zero-order chi connectivity index (χ0) is 12.3. The van der Waals surface area contributed by atoms with Crippen molar-refractivity contribution < 1.29 is 4.79 Å². The van der Waals surface area contributed by atoms with Gasteiger partial charge in [0.15, 0.2) is 0 Å². The number of amides is 1. The van der Waals surface area contributed by atoms with Gasteiger partial charge in [-0.25, -0.2) is 0 Å². The lowest BCUT2D eigenvalue weighted by atomic mass is 10.1. The molecule has 1 aliphatic heterocycles. The summed E-state index contributed by atoms with van der Waals surface area (Å²) in [5, 5.41) is 7.48. The number of rotatable bonds is 4. The molecule has 0 aliphatic carbocycles. The van der Waals surface area contributed by atoms with Crippen LogP contribution in [-0.4, -0.2) is 33.2 Å². The second-order valence-corrected chi connectivity index (χ2v) is 5.71. The fraction of sp³-hybridized carbons (Fsp3) is 0.636. The quantitative estimate of drug-likeness (QED) is 0.817. The Morgan fingerprint density at radius 2 is 2.65 bits per heavy atom. The molecule has 0 saturated carbocycles. The summed E-state index contributed by atoms with van der Waals surface area (Å²) in [6.07, 6.45) is 5.84. The van der Waals surface area contributed by atoms with Crippen LogP contribution in [0.1, 0.15) is 24.4 Å². The highest BCUT2D eigenvalue weighted by molar-refractivity contribution is 8.00. The van der Waals surface area contributed by atoms with Crippen molar-refractivity contribution >= 4 is 17.7 Å². The minimum absolute atomic E-state index is 0.120. The maximum absolute atomic E-state index is 11.8. The van der Waals surface area contributed by atoms with E-state index in [9.17, 15) is 4.79 Å². The molecule has 0 bridgehead atoms.